The summed E-state index contributed by atoms with van der Waals surface area (Å²) in [5.41, 5.74) is 1.13. The fourth-order valence-electron chi connectivity index (χ4n) is 4.11. The summed E-state index contributed by atoms with van der Waals surface area (Å²) in [4.78, 5) is 40.4. The van der Waals surface area contributed by atoms with Gasteiger partial charge in [-0.1, -0.05) is 49.5 Å². The molecule has 2 aromatic rings. The summed E-state index contributed by atoms with van der Waals surface area (Å²) in [5, 5.41) is 3.23. The first-order chi connectivity index (χ1) is 14.8. The maximum absolute atomic E-state index is 13.0. The van der Waals surface area contributed by atoms with Crippen molar-refractivity contribution in [2.75, 3.05) is 17.3 Å². The largest absolute Gasteiger partial charge is 0.495 e. The number of nitrogens with one attached hydrogen (secondary N) is 1. The molecule has 1 aliphatic heterocycles. The Morgan fingerprint density at radius 3 is 2.32 bits per heavy atom. The summed E-state index contributed by atoms with van der Waals surface area (Å²) >= 11 is 13.2. The van der Waals surface area contributed by atoms with Crippen LogP contribution >= 0.6 is 43.5 Å². The summed E-state index contributed by atoms with van der Waals surface area (Å²) in [5.74, 6) is -1.06. The highest BCUT2D eigenvalue weighted by molar-refractivity contribution is 9.12. The molecule has 6 nitrogen and oxygen atoms in total. The first-order valence-electron chi connectivity index (χ1n) is 9.71. The molecule has 1 aliphatic carbocycles. The molecule has 2 aromatic carbocycles. The lowest BCUT2D eigenvalue weighted by Gasteiger charge is -2.29. The summed E-state index contributed by atoms with van der Waals surface area (Å²) < 4.78 is 5.26. The smallest absolute Gasteiger partial charge is 0.255 e. The van der Waals surface area contributed by atoms with Gasteiger partial charge in [-0.2, -0.15) is 0 Å². The highest BCUT2D eigenvalue weighted by Crippen LogP contribution is 2.44. The number of carbonyl (C=O) groups is 3. The van der Waals surface area contributed by atoms with E-state index in [-0.39, 0.29) is 33.3 Å². The van der Waals surface area contributed by atoms with Crippen LogP contribution in [0.15, 0.2) is 42.5 Å². The zero-order chi connectivity index (χ0) is 22.3. The van der Waals surface area contributed by atoms with Crippen molar-refractivity contribution < 1.29 is 19.1 Å². The van der Waals surface area contributed by atoms with Gasteiger partial charge in [0.2, 0.25) is 11.8 Å². The molecule has 2 fully saturated rings. The van der Waals surface area contributed by atoms with Gasteiger partial charge < -0.3 is 10.1 Å². The molecule has 9 heteroatoms. The predicted molar refractivity (Wildman–Crippen MR) is 127 cm³/mol. The second-order valence-corrected chi connectivity index (χ2v) is 10.4. The Hall–Kier alpha value is -1.90. The maximum atomic E-state index is 13.0. The summed E-state index contributed by atoms with van der Waals surface area (Å²) in [6.07, 6.45) is 1.19. The highest BCUT2D eigenvalue weighted by Gasteiger charge is 2.52. The number of fused-ring (bicyclic) bond motifs is 1. The van der Waals surface area contributed by atoms with E-state index < -0.39 is 5.91 Å². The number of anilines is 2. The van der Waals surface area contributed by atoms with Crippen LogP contribution in [-0.2, 0) is 9.59 Å². The fraction of sp³-hybridized carbons (Fsp3) is 0.318. The van der Waals surface area contributed by atoms with E-state index in [1.165, 1.54) is 12.0 Å². The molecule has 0 bridgehead atoms. The normalized spacial score (nSPS) is 25.4. The van der Waals surface area contributed by atoms with Gasteiger partial charge in [0.25, 0.3) is 5.91 Å². The van der Waals surface area contributed by atoms with Crippen molar-refractivity contribution in [1.82, 2.24) is 0 Å². The zero-order valence-electron chi connectivity index (χ0n) is 16.5. The molecule has 162 valence electrons. The molecular formula is C22H19Br2ClN2O4. The van der Waals surface area contributed by atoms with Crippen molar-refractivity contribution in [2.24, 2.45) is 11.8 Å². The van der Waals surface area contributed by atoms with Crippen molar-refractivity contribution in [3.63, 3.8) is 0 Å². The third-order valence-corrected chi connectivity index (χ3v) is 8.66. The quantitative estimate of drug-likeness (QED) is 0.414. The highest BCUT2D eigenvalue weighted by atomic mass is 79.9. The van der Waals surface area contributed by atoms with Gasteiger partial charge in [-0.3, -0.25) is 19.3 Å². The van der Waals surface area contributed by atoms with Crippen LogP contribution in [0.1, 0.15) is 23.2 Å². The Balaban J connectivity index is 1.59. The van der Waals surface area contributed by atoms with Crippen molar-refractivity contribution in [1.29, 1.82) is 0 Å². The molecular weight excluding hydrogens is 552 g/mol. The van der Waals surface area contributed by atoms with E-state index in [0.717, 1.165) is 0 Å². The number of nitrogens with zero attached hydrogens (tertiary/aromatic N) is 1. The number of halogens is 3. The molecule has 0 spiro atoms. The van der Waals surface area contributed by atoms with Gasteiger partial charge in [0.1, 0.15) is 5.75 Å². The van der Waals surface area contributed by atoms with Crippen LogP contribution in [-0.4, -0.2) is 34.5 Å². The molecule has 4 rings (SSSR count). The van der Waals surface area contributed by atoms with Crippen LogP contribution in [0.4, 0.5) is 11.4 Å². The number of amides is 3. The average Bonchev–Trinajstić information content (AvgIpc) is 2.98. The SMILES string of the molecule is COc1ccc(Cl)cc1NC(=O)c1cccc(N2C(=O)[C@H]3C[C@@H](Br)[C@@H](Br)C[C@H]3C2=O)c1. The van der Waals surface area contributed by atoms with Crippen LogP contribution in [0.2, 0.25) is 5.02 Å². The Bertz CT molecular complexity index is 1040. The van der Waals surface area contributed by atoms with Gasteiger partial charge in [0.05, 0.1) is 30.3 Å². The van der Waals surface area contributed by atoms with Crippen LogP contribution in [0.5, 0.6) is 5.75 Å². The molecule has 0 unspecified atom stereocenters. The average molecular weight is 571 g/mol. The topological polar surface area (TPSA) is 75.7 Å². The molecule has 4 atom stereocenters. The van der Waals surface area contributed by atoms with E-state index in [1.807, 2.05) is 0 Å². The lowest BCUT2D eigenvalue weighted by Crippen LogP contribution is -2.34. The number of alkyl halides is 2. The molecule has 1 saturated carbocycles. The lowest BCUT2D eigenvalue weighted by atomic mass is 9.81. The Morgan fingerprint density at radius 1 is 1.06 bits per heavy atom. The molecule has 2 aliphatic rings. The minimum atomic E-state index is -0.403. The summed E-state index contributed by atoms with van der Waals surface area (Å²) in [6.45, 7) is 0. The lowest BCUT2D eigenvalue weighted by molar-refractivity contribution is -0.122. The van der Waals surface area contributed by atoms with Gasteiger partial charge in [-0.25, -0.2) is 0 Å². The molecule has 31 heavy (non-hydrogen) atoms. The number of hydrogen-bond acceptors (Lipinski definition) is 4. The van der Waals surface area contributed by atoms with Crippen LogP contribution < -0.4 is 15.0 Å². The van der Waals surface area contributed by atoms with Gasteiger partial charge >= 0.3 is 0 Å². The Morgan fingerprint density at radius 2 is 1.71 bits per heavy atom. The molecule has 1 N–H and O–H groups in total. The zero-order valence-corrected chi connectivity index (χ0v) is 20.4. The molecule has 0 aromatic heterocycles. The Labute approximate surface area is 201 Å². The van der Waals surface area contributed by atoms with Gasteiger partial charge in [0.15, 0.2) is 0 Å². The summed E-state index contributed by atoms with van der Waals surface area (Å²) in [7, 11) is 1.50. The molecule has 1 saturated heterocycles. The van der Waals surface area contributed by atoms with Crippen molar-refractivity contribution in [2.45, 2.75) is 22.5 Å². The minimum absolute atomic E-state index is 0.134. The van der Waals surface area contributed by atoms with Crippen molar-refractivity contribution >= 4 is 72.6 Å². The van der Waals surface area contributed by atoms with E-state index >= 15 is 0 Å². The third-order valence-electron chi connectivity index (χ3n) is 5.69. The van der Waals surface area contributed by atoms with Crippen molar-refractivity contribution in [3.05, 3.63) is 53.1 Å². The first-order valence-corrected chi connectivity index (χ1v) is 11.9. The van der Waals surface area contributed by atoms with E-state index in [1.54, 1.807) is 42.5 Å². The number of benzene rings is 2. The molecule has 0 radical (unpaired) electrons. The number of imide groups is 1. The molecule has 3 amide bonds. The van der Waals surface area contributed by atoms with Crippen LogP contribution in [0.25, 0.3) is 0 Å². The number of rotatable bonds is 4. The van der Waals surface area contributed by atoms with E-state index in [4.69, 9.17) is 16.3 Å². The number of carbonyl (C=O) groups excluding carboxylic acids is 3. The standard InChI is InChI=1S/C22H19Br2ClN2O4/c1-31-19-6-5-12(25)8-18(19)26-20(28)11-3-2-4-13(7-11)27-21(29)14-9-16(23)17(24)10-15(14)22(27)30/h2-8,14-17H,9-10H2,1H3,(H,26,28)/t14-,15+,16+,17-. The monoisotopic (exact) mass is 568 g/mol. The van der Waals surface area contributed by atoms with E-state index in [2.05, 4.69) is 37.2 Å². The second kappa shape index (κ2) is 8.92. The number of hydrogen-bond donors (Lipinski definition) is 1. The van der Waals surface area contributed by atoms with Gasteiger partial charge in [-0.05, 0) is 49.2 Å². The minimum Gasteiger partial charge on any atom is -0.495 e. The molecule has 1 heterocycles. The third kappa shape index (κ3) is 4.25. The van der Waals surface area contributed by atoms with E-state index in [9.17, 15) is 14.4 Å². The fourth-order valence-corrected chi connectivity index (χ4v) is 5.52. The second-order valence-electron chi connectivity index (χ2n) is 7.58. The van der Waals surface area contributed by atoms with Crippen LogP contribution in [0, 0.1) is 11.8 Å². The summed E-state index contributed by atoms with van der Waals surface area (Å²) in [6, 6.07) is 11.4. The van der Waals surface area contributed by atoms with Gasteiger partial charge in [0, 0.05) is 20.2 Å². The maximum Gasteiger partial charge on any atom is 0.255 e. The Kier molecular flexibility index (Phi) is 6.42. The van der Waals surface area contributed by atoms with Gasteiger partial charge in [-0.15, -0.1) is 0 Å². The van der Waals surface area contributed by atoms with E-state index in [0.29, 0.717) is 40.6 Å². The number of methoxy groups -OCH3 is 1. The first kappa shape index (κ1) is 22.3. The predicted octanol–water partition coefficient (Wildman–Crippen LogP) is 5.03. The van der Waals surface area contributed by atoms with Crippen LogP contribution in [0.3, 0.4) is 0 Å². The van der Waals surface area contributed by atoms with Crippen molar-refractivity contribution in [3.8, 4) is 5.75 Å². The number of ether oxygens (including phenoxy) is 1.